The van der Waals surface area contributed by atoms with E-state index in [4.69, 9.17) is 16.7 Å². The van der Waals surface area contributed by atoms with Crippen molar-refractivity contribution in [3.8, 4) is 5.88 Å². The summed E-state index contributed by atoms with van der Waals surface area (Å²) in [6.07, 6.45) is 0. The van der Waals surface area contributed by atoms with E-state index >= 15 is 0 Å². The lowest BCUT2D eigenvalue weighted by Gasteiger charge is -2.03. The monoisotopic (exact) mass is 266 g/mol. The number of carbonyl (C=O) groups is 1. The molecule has 2 aromatic heterocycles. The molecule has 0 fully saturated rings. The molecule has 0 aliphatic carbocycles. The topological polar surface area (TPSA) is 108 Å². The number of aromatic hydroxyl groups is 1. The van der Waals surface area contributed by atoms with Crippen molar-refractivity contribution in [1.82, 2.24) is 15.2 Å². The van der Waals surface area contributed by atoms with Gasteiger partial charge < -0.3 is 10.4 Å². The van der Waals surface area contributed by atoms with Crippen LogP contribution in [-0.2, 0) is 0 Å². The zero-order chi connectivity index (χ0) is 13.1. The molecule has 2 aromatic rings. The van der Waals surface area contributed by atoms with E-state index < -0.39 is 17.3 Å². The number of H-pyrrole nitrogens is 1. The Morgan fingerprint density at radius 1 is 1.33 bits per heavy atom. The van der Waals surface area contributed by atoms with Crippen molar-refractivity contribution in [1.29, 1.82) is 0 Å². The number of hydrogen-bond donors (Lipinski definition) is 3. The highest BCUT2D eigenvalue weighted by atomic mass is 35.5. The molecule has 18 heavy (non-hydrogen) atoms. The summed E-state index contributed by atoms with van der Waals surface area (Å²) in [5.74, 6) is -0.799. The third-order valence-electron chi connectivity index (χ3n) is 1.97. The first-order chi connectivity index (χ1) is 8.54. The SMILES string of the molecule is O=C(Nc1ccc(Cl)nn1)c1cc(O)[nH]c(=O)c1. The van der Waals surface area contributed by atoms with E-state index in [0.29, 0.717) is 0 Å². The molecule has 3 N–H and O–H groups in total. The second-order valence-electron chi connectivity index (χ2n) is 3.31. The van der Waals surface area contributed by atoms with E-state index in [9.17, 15) is 9.59 Å². The van der Waals surface area contributed by atoms with Crippen molar-refractivity contribution >= 4 is 23.3 Å². The molecule has 8 heteroatoms. The predicted molar refractivity (Wildman–Crippen MR) is 63.7 cm³/mol. The van der Waals surface area contributed by atoms with Crippen LogP contribution in [0.3, 0.4) is 0 Å². The minimum absolute atomic E-state index is 0.00741. The molecular formula is C10H7ClN4O3. The Balaban J connectivity index is 2.21. The first-order valence-corrected chi connectivity index (χ1v) is 5.16. The number of nitrogens with zero attached hydrogens (tertiary/aromatic N) is 2. The minimum atomic E-state index is -0.590. The highest BCUT2D eigenvalue weighted by molar-refractivity contribution is 6.29. The number of hydrogen-bond acceptors (Lipinski definition) is 5. The Kier molecular flexibility index (Phi) is 3.24. The Morgan fingerprint density at radius 3 is 2.72 bits per heavy atom. The largest absolute Gasteiger partial charge is 0.494 e. The summed E-state index contributed by atoms with van der Waals surface area (Å²) in [6, 6.07) is 5.10. The Morgan fingerprint density at radius 2 is 2.11 bits per heavy atom. The number of amides is 1. The van der Waals surface area contributed by atoms with Gasteiger partial charge in [0.2, 0.25) is 0 Å². The van der Waals surface area contributed by atoms with Crippen LogP contribution in [0.1, 0.15) is 10.4 Å². The average molecular weight is 267 g/mol. The van der Waals surface area contributed by atoms with Crippen LogP contribution in [0.4, 0.5) is 5.82 Å². The van der Waals surface area contributed by atoms with Gasteiger partial charge in [-0.3, -0.25) is 14.6 Å². The molecular weight excluding hydrogens is 260 g/mol. The third-order valence-corrected chi connectivity index (χ3v) is 2.17. The van der Waals surface area contributed by atoms with Crippen LogP contribution in [0.25, 0.3) is 0 Å². The molecule has 0 saturated heterocycles. The second-order valence-corrected chi connectivity index (χ2v) is 3.70. The minimum Gasteiger partial charge on any atom is -0.494 e. The standard InChI is InChI=1S/C10H7ClN4O3/c11-6-1-2-7(15-14-6)12-10(18)5-3-8(16)13-9(17)4-5/h1-4H,(H,12,15,18)(H2,13,16,17). The van der Waals surface area contributed by atoms with Crippen molar-refractivity contribution in [3.05, 3.63) is 45.3 Å². The molecule has 7 nitrogen and oxygen atoms in total. The summed E-state index contributed by atoms with van der Waals surface area (Å²) >= 11 is 5.54. The van der Waals surface area contributed by atoms with Crippen LogP contribution in [0.5, 0.6) is 5.88 Å². The lowest BCUT2D eigenvalue weighted by molar-refractivity contribution is 0.102. The van der Waals surface area contributed by atoms with E-state index in [1.807, 2.05) is 0 Å². The summed E-state index contributed by atoms with van der Waals surface area (Å²) in [7, 11) is 0. The van der Waals surface area contributed by atoms with Crippen molar-refractivity contribution in [3.63, 3.8) is 0 Å². The van der Waals surface area contributed by atoms with Crippen LogP contribution in [-0.4, -0.2) is 26.2 Å². The highest BCUT2D eigenvalue weighted by Crippen LogP contribution is 2.09. The van der Waals surface area contributed by atoms with Crippen LogP contribution in [0.15, 0.2) is 29.1 Å². The number of anilines is 1. The van der Waals surface area contributed by atoms with E-state index in [-0.39, 0.29) is 16.5 Å². The smallest absolute Gasteiger partial charge is 0.257 e. The van der Waals surface area contributed by atoms with Gasteiger partial charge >= 0.3 is 0 Å². The molecule has 0 aliphatic heterocycles. The van der Waals surface area contributed by atoms with Crippen molar-refractivity contribution < 1.29 is 9.90 Å². The lowest BCUT2D eigenvalue weighted by atomic mass is 10.2. The molecule has 2 heterocycles. The fourth-order valence-electron chi connectivity index (χ4n) is 1.23. The molecule has 0 unspecified atom stereocenters. The van der Waals surface area contributed by atoms with Gasteiger partial charge in [-0.15, -0.1) is 10.2 Å². The molecule has 0 radical (unpaired) electrons. The van der Waals surface area contributed by atoms with Gasteiger partial charge in [0.1, 0.15) is 0 Å². The number of pyridine rings is 1. The molecule has 0 saturated carbocycles. The predicted octanol–water partition coefficient (Wildman–Crippen LogP) is 0.776. The number of nitrogens with one attached hydrogen (secondary N) is 2. The molecule has 92 valence electrons. The van der Waals surface area contributed by atoms with Crippen molar-refractivity contribution in [2.45, 2.75) is 0 Å². The average Bonchev–Trinajstić information content (AvgIpc) is 2.31. The Bertz CT molecular complexity index is 638. The highest BCUT2D eigenvalue weighted by Gasteiger charge is 2.09. The van der Waals surface area contributed by atoms with Crippen LogP contribution in [0.2, 0.25) is 5.15 Å². The Labute approximate surface area is 105 Å². The van der Waals surface area contributed by atoms with Crippen LogP contribution in [0, 0.1) is 0 Å². The zero-order valence-electron chi connectivity index (χ0n) is 8.85. The maximum atomic E-state index is 11.7. The summed E-state index contributed by atoms with van der Waals surface area (Å²) < 4.78 is 0. The number of rotatable bonds is 2. The zero-order valence-corrected chi connectivity index (χ0v) is 9.60. The summed E-state index contributed by atoms with van der Waals surface area (Å²) in [6.45, 7) is 0. The molecule has 2 rings (SSSR count). The van der Waals surface area contributed by atoms with E-state index in [0.717, 1.165) is 12.1 Å². The first kappa shape index (κ1) is 12.1. The van der Waals surface area contributed by atoms with Gasteiger partial charge in [-0.1, -0.05) is 11.6 Å². The molecule has 0 atom stereocenters. The maximum absolute atomic E-state index is 11.7. The summed E-state index contributed by atoms with van der Waals surface area (Å²) in [5, 5.41) is 18.9. The number of carbonyl (C=O) groups excluding carboxylic acids is 1. The van der Waals surface area contributed by atoms with Gasteiger partial charge in [0, 0.05) is 12.1 Å². The molecule has 0 bridgehead atoms. The Hall–Kier alpha value is -2.41. The van der Waals surface area contributed by atoms with Crippen LogP contribution < -0.4 is 10.9 Å². The quantitative estimate of drug-likeness (QED) is 0.744. The normalized spacial score (nSPS) is 10.1. The molecule has 0 spiro atoms. The van der Waals surface area contributed by atoms with Gasteiger partial charge in [-0.2, -0.15) is 0 Å². The first-order valence-electron chi connectivity index (χ1n) is 4.78. The van der Waals surface area contributed by atoms with Crippen molar-refractivity contribution in [2.75, 3.05) is 5.32 Å². The molecule has 0 aliphatic rings. The van der Waals surface area contributed by atoms with Gasteiger partial charge in [-0.05, 0) is 12.1 Å². The number of halogens is 1. The fourth-order valence-corrected chi connectivity index (χ4v) is 1.33. The maximum Gasteiger partial charge on any atom is 0.257 e. The van der Waals surface area contributed by atoms with Gasteiger partial charge in [0.05, 0.1) is 5.56 Å². The lowest BCUT2D eigenvalue weighted by Crippen LogP contribution is -2.16. The number of aromatic nitrogens is 3. The van der Waals surface area contributed by atoms with Gasteiger partial charge in [0.25, 0.3) is 11.5 Å². The second kappa shape index (κ2) is 4.84. The third kappa shape index (κ3) is 2.83. The van der Waals surface area contributed by atoms with E-state index in [1.54, 1.807) is 0 Å². The van der Waals surface area contributed by atoms with Gasteiger partial charge in [0.15, 0.2) is 16.9 Å². The van der Waals surface area contributed by atoms with E-state index in [2.05, 4.69) is 20.5 Å². The fraction of sp³-hybridized carbons (Fsp3) is 0. The number of aromatic amines is 1. The summed E-state index contributed by atoms with van der Waals surface area (Å²) in [4.78, 5) is 24.9. The molecule has 1 amide bonds. The summed E-state index contributed by atoms with van der Waals surface area (Å²) in [5.41, 5.74) is -0.574. The van der Waals surface area contributed by atoms with E-state index in [1.165, 1.54) is 12.1 Å². The van der Waals surface area contributed by atoms with Gasteiger partial charge in [-0.25, -0.2) is 0 Å². The van der Waals surface area contributed by atoms with Crippen LogP contribution >= 0.6 is 11.6 Å². The van der Waals surface area contributed by atoms with Crippen molar-refractivity contribution in [2.24, 2.45) is 0 Å². The molecule has 0 aromatic carbocycles.